The van der Waals surface area contributed by atoms with Crippen LogP contribution in [0, 0.1) is 0 Å². The summed E-state index contributed by atoms with van der Waals surface area (Å²) in [6.07, 6.45) is 3.03. The van der Waals surface area contributed by atoms with E-state index in [9.17, 15) is 4.79 Å². The van der Waals surface area contributed by atoms with E-state index in [1.807, 2.05) is 24.3 Å². The third-order valence-electron chi connectivity index (χ3n) is 1.87. The number of methoxy groups -OCH3 is 2. The van der Waals surface area contributed by atoms with Gasteiger partial charge in [-0.15, -0.1) is 0 Å². The highest BCUT2D eigenvalue weighted by atomic mass is 16.8. The van der Waals surface area contributed by atoms with Crippen LogP contribution in [-0.2, 0) is 14.4 Å². The average molecular weight is 237 g/mol. The van der Waals surface area contributed by atoms with Gasteiger partial charge in [0.15, 0.2) is 6.79 Å². The molecule has 0 bridgehead atoms. The van der Waals surface area contributed by atoms with Crippen molar-refractivity contribution in [3.8, 4) is 5.75 Å². The van der Waals surface area contributed by atoms with Crippen LogP contribution in [0.1, 0.15) is 5.56 Å². The first-order chi connectivity index (χ1) is 8.26. The predicted molar refractivity (Wildman–Crippen MR) is 63.1 cm³/mol. The molecule has 17 heavy (non-hydrogen) atoms. The number of carbonyl (C=O) groups is 1. The van der Waals surface area contributed by atoms with E-state index in [1.54, 1.807) is 13.2 Å². The first kappa shape index (κ1) is 13.2. The van der Waals surface area contributed by atoms with E-state index in [4.69, 9.17) is 4.74 Å². The van der Waals surface area contributed by atoms with E-state index in [0.29, 0.717) is 0 Å². The van der Waals surface area contributed by atoms with E-state index in [1.165, 1.54) is 13.2 Å². The molecule has 0 unspecified atom stereocenters. The molecule has 1 N–H and O–H groups in total. The molecule has 1 rings (SSSR count). The zero-order chi connectivity index (χ0) is 12.5. The molecule has 1 aromatic carbocycles. The van der Waals surface area contributed by atoms with Gasteiger partial charge in [0, 0.05) is 13.2 Å². The van der Waals surface area contributed by atoms with E-state index in [0.717, 1.165) is 11.3 Å². The van der Waals surface area contributed by atoms with Crippen molar-refractivity contribution in [3.05, 3.63) is 35.9 Å². The molecule has 0 spiro atoms. The Bertz CT molecular complexity index is 390. The van der Waals surface area contributed by atoms with Crippen LogP contribution in [0.25, 0.3) is 6.08 Å². The number of benzene rings is 1. The van der Waals surface area contributed by atoms with E-state index >= 15 is 0 Å². The lowest BCUT2D eigenvalue weighted by Crippen LogP contribution is -2.22. The van der Waals surface area contributed by atoms with Gasteiger partial charge in [0.1, 0.15) is 5.75 Å². The van der Waals surface area contributed by atoms with E-state index < -0.39 is 0 Å². The van der Waals surface area contributed by atoms with Crippen molar-refractivity contribution in [1.82, 2.24) is 5.48 Å². The fourth-order valence-electron chi connectivity index (χ4n) is 1.11. The minimum atomic E-state index is -0.357. The summed E-state index contributed by atoms with van der Waals surface area (Å²) < 4.78 is 9.67. The van der Waals surface area contributed by atoms with Crippen LogP contribution in [0.15, 0.2) is 30.3 Å². The topological polar surface area (TPSA) is 56.8 Å². The Morgan fingerprint density at radius 1 is 1.41 bits per heavy atom. The molecule has 92 valence electrons. The maximum atomic E-state index is 11.2. The van der Waals surface area contributed by atoms with Gasteiger partial charge >= 0.3 is 0 Å². The number of hydrogen-bond acceptors (Lipinski definition) is 4. The van der Waals surface area contributed by atoms with Gasteiger partial charge in [-0.25, -0.2) is 10.3 Å². The Labute approximate surface area is 99.9 Å². The monoisotopic (exact) mass is 237 g/mol. The summed E-state index contributed by atoms with van der Waals surface area (Å²) in [4.78, 5) is 15.9. The maximum Gasteiger partial charge on any atom is 0.267 e. The minimum Gasteiger partial charge on any atom is -0.497 e. The van der Waals surface area contributed by atoms with Gasteiger partial charge in [0.2, 0.25) is 0 Å². The molecular weight excluding hydrogens is 222 g/mol. The lowest BCUT2D eigenvalue weighted by atomic mass is 10.2. The lowest BCUT2D eigenvalue weighted by Gasteiger charge is -2.01. The number of amides is 1. The van der Waals surface area contributed by atoms with Crippen LogP contribution in [0.4, 0.5) is 0 Å². The Morgan fingerprint density at radius 2 is 2.24 bits per heavy atom. The summed E-state index contributed by atoms with van der Waals surface area (Å²) in [6.45, 7) is 0.0126. The van der Waals surface area contributed by atoms with Gasteiger partial charge in [-0.3, -0.25) is 4.79 Å². The van der Waals surface area contributed by atoms with Crippen molar-refractivity contribution in [1.29, 1.82) is 0 Å². The van der Waals surface area contributed by atoms with Crippen molar-refractivity contribution in [2.24, 2.45) is 0 Å². The Hall–Kier alpha value is -1.85. The zero-order valence-electron chi connectivity index (χ0n) is 9.80. The van der Waals surface area contributed by atoms with Gasteiger partial charge in [0.05, 0.1) is 7.11 Å². The SMILES string of the molecule is COCONC(=O)/C=C/c1cccc(OC)c1. The van der Waals surface area contributed by atoms with E-state index in [2.05, 4.69) is 15.1 Å². The quantitative estimate of drug-likeness (QED) is 0.351. The first-order valence-electron chi connectivity index (χ1n) is 4.99. The van der Waals surface area contributed by atoms with Crippen LogP contribution < -0.4 is 10.2 Å². The third kappa shape index (κ3) is 5.14. The second-order valence-corrected chi connectivity index (χ2v) is 3.13. The predicted octanol–water partition coefficient (Wildman–Crippen LogP) is 1.36. The van der Waals surface area contributed by atoms with Crippen LogP contribution >= 0.6 is 0 Å². The van der Waals surface area contributed by atoms with E-state index in [-0.39, 0.29) is 12.7 Å². The Morgan fingerprint density at radius 3 is 2.94 bits per heavy atom. The molecule has 0 aliphatic heterocycles. The Balaban J connectivity index is 2.48. The molecule has 0 aliphatic rings. The first-order valence-corrected chi connectivity index (χ1v) is 4.99. The summed E-state index contributed by atoms with van der Waals surface area (Å²) in [5.74, 6) is 0.382. The highest BCUT2D eigenvalue weighted by Gasteiger charge is 1.95. The number of rotatable bonds is 6. The molecule has 1 aromatic rings. The number of ether oxygens (including phenoxy) is 2. The molecule has 1 amide bonds. The number of nitrogens with one attached hydrogen (secondary N) is 1. The largest absolute Gasteiger partial charge is 0.497 e. The summed E-state index contributed by atoms with van der Waals surface area (Å²) in [5.41, 5.74) is 3.07. The van der Waals surface area contributed by atoms with Gasteiger partial charge in [0.25, 0.3) is 5.91 Å². The van der Waals surface area contributed by atoms with Crippen molar-refractivity contribution < 1.29 is 19.1 Å². The fourth-order valence-corrected chi connectivity index (χ4v) is 1.11. The van der Waals surface area contributed by atoms with Gasteiger partial charge in [-0.1, -0.05) is 12.1 Å². The van der Waals surface area contributed by atoms with Gasteiger partial charge in [-0.2, -0.15) is 0 Å². The lowest BCUT2D eigenvalue weighted by molar-refractivity contribution is -0.139. The van der Waals surface area contributed by atoms with Crippen molar-refractivity contribution >= 4 is 12.0 Å². The van der Waals surface area contributed by atoms with Crippen molar-refractivity contribution in [3.63, 3.8) is 0 Å². The molecule has 0 heterocycles. The van der Waals surface area contributed by atoms with Crippen molar-refractivity contribution in [2.75, 3.05) is 21.0 Å². The number of carbonyl (C=O) groups excluding carboxylic acids is 1. The minimum absolute atomic E-state index is 0.0126. The molecule has 0 saturated carbocycles. The Kier molecular flexibility index (Phi) is 5.77. The number of hydrogen-bond donors (Lipinski definition) is 1. The second kappa shape index (κ2) is 7.43. The molecule has 0 aliphatic carbocycles. The summed E-state index contributed by atoms with van der Waals surface area (Å²) in [7, 11) is 3.06. The highest BCUT2D eigenvalue weighted by molar-refractivity contribution is 5.90. The highest BCUT2D eigenvalue weighted by Crippen LogP contribution is 2.13. The van der Waals surface area contributed by atoms with Crippen molar-refractivity contribution in [2.45, 2.75) is 0 Å². The number of hydroxylamine groups is 1. The summed E-state index contributed by atoms with van der Waals surface area (Å²) >= 11 is 0. The molecule has 0 atom stereocenters. The third-order valence-corrected chi connectivity index (χ3v) is 1.87. The summed E-state index contributed by atoms with van der Waals surface area (Å²) in [5, 5.41) is 0. The molecule has 0 aromatic heterocycles. The molecule has 0 saturated heterocycles. The van der Waals surface area contributed by atoms with Crippen LogP contribution in [0.2, 0.25) is 0 Å². The standard InChI is InChI=1S/C12H15NO4/c1-15-9-17-13-12(14)7-6-10-4-3-5-11(8-10)16-2/h3-8H,9H2,1-2H3,(H,13,14)/b7-6+. The maximum absolute atomic E-state index is 11.2. The van der Waals surface area contributed by atoms with Crippen LogP contribution in [0.3, 0.4) is 0 Å². The second-order valence-electron chi connectivity index (χ2n) is 3.13. The molecular formula is C12H15NO4. The molecule has 0 fully saturated rings. The molecule has 0 radical (unpaired) electrons. The smallest absolute Gasteiger partial charge is 0.267 e. The van der Waals surface area contributed by atoms with Crippen LogP contribution in [-0.4, -0.2) is 26.9 Å². The zero-order valence-corrected chi connectivity index (χ0v) is 9.80. The van der Waals surface area contributed by atoms with Gasteiger partial charge < -0.3 is 9.47 Å². The summed E-state index contributed by atoms with van der Waals surface area (Å²) in [6, 6.07) is 7.36. The average Bonchev–Trinajstić information content (AvgIpc) is 2.37. The van der Waals surface area contributed by atoms with Crippen LogP contribution in [0.5, 0.6) is 5.75 Å². The molecule has 5 heteroatoms. The normalized spacial score (nSPS) is 10.5. The molecule has 5 nitrogen and oxygen atoms in total. The van der Waals surface area contributed by atoms with Gasteiger partial charge in [-0.05, 0) is 23.8 Å². The fraction of sp³-hybridized carbons (Fsp3) is 0.250.